The fourth-order valence-corrected chi connectivity index (χ4v) is 3.55. The number of benzene rings is 1. The van der Waals surface area contributed by atoms with Crippen LogP contribution in [0.5, 0.6) is 0 Å². The molecule has 6 nitrogen and oxygen atoms in total. The van der Waals surface area contributed by atoms with Crippen molar-refractivity contribution in [2.45, 2.75) is 25.4 Å². The van der Waals surface area contributed by atoms with Crippen LogP contribution in [0.25, 0.3) is 10.6 Å². The number of alkyl halides is 2. The maximum Gasteiger partial charge on any atom is 0.275 e. The molecule has 0 aliphatic carbocycles. The Balaban J connectivity index is 1.96. The third-order valence-corrected chi connectivity index (χ3v) is 5.24. The van der Waals surface area contributed by atoms with Crippen molar-refractivity contribution in [2.24, 2.45) is 5.73 Å². The number of rotatable bonds is 3. The molecule has 0 unspecified atom stereocenters. The van der Waals surface area contributed by atoms with E-state index in [-0.39, 0.29) is 23.5 Å². The molecular formula is C18H14F3N3O3S. The van der Waals surface area contributed by atoms with Crippen LogP contribution in [-0.4, -0.2) is 39.0 Å². The van der Waals surface area contributed by atoms with Crippen LogP contribution in [0.2, 0.25) is 0 Å². The molecule has 1 aliphatic rings. The van der Waals surface area contributed by atoms with Crippen molar-refractivity contribution >= 4 is 23.2 Å². The second-order valence-electron chi connectivity index (χ2n) is 6.31. The normalized spacial score (nSPS) is 19.1. The lowest BCUT2D eigenvalue weighted by Crippen LogP contribution is -2.35. The van der Waals surface area contributed by atoms with E-state index in [0.717, 1.165) is 11.0 Å². The smallest absolute Gasteiger partial charge is 0.275 e. The number of hydrogen-bond donors (Lipinski definition) is 2. The van der Waals surface area contributed by atoms with Gasteiger partial charge in [-0.3, -0.25) is 14.5 Å². The van der Waals surface area contributed by atoms with Crippen molar-refractivity contribution in [2.75, 3.05) is 6.54 Å². The average molecular weight is 409 g/mol. The zero-order valence-electron chi connectivity index (χ0n) is 14.5. The Morgan fingerprint density at radius 1 is 1.46 bits per heavy atom. The highest BCUT2D eigenvalue weighted by Crippen LogP contribution is 2.35. The maximum absolute atomic E-state index is 14.2. The Morgan fingerprint density at radius 2 is 2.18 bits per heavy atom. The zero-order chi connectivity index (χ0) is 20.6. The number of hydrogen-bond acceptors (Lipinski definition) is 5. The maximum atomic E-state index is 14.2. The summed E-state index contributed by atoms with van der Waals surface area (Å²) in [4.78, 5) is 27.5. The molecule has 0 spiro atoms. The van der Waals surface area contributed by atoms with Crippen LogP contribution in [-0.2, 0) is 4.79 Å². The molecule has 0 bridgehead atoms. The van der Waals surface area contributed by atoms with Gasteiger partial charge in [0.15, 0.2) is 0 Å². The van der Waals surface area contributed by atoms with E-state index in [9.17, 15) is 27.9 Å². The number of carbonyl (C=O) groups excluding carboxylic acids is 2. The van der Waals surface area contributed by atoms with Gasteiger partial charge in [0, 0.05) is 30.1 Å². The van der Waals surface area contributed by atoms with E-state index in [1.807, 2.05) is 0 Å². The van der Waals surface area contributed by atoms with E-state index in [0.29, 0.717) is 16.9 Å². The monoisotopic (exact) mass is 409 g/mol. The number of primary amides is 1. The third kappa shape index (κ3) is 3.72. The van der Waals surface area contributed by atoms with Gasteiger partial charge in [-0.05, 0) is 31.0 Å². The first-order valence-corrected chi connectivity index (χ1v) is 8.86. The largest absolute Gasteiger partial charge is 0.380 e. The number of aromatic nitrogens is 1. The number of thiazole rings is 1. The fraction of sp³-hybridized carbons (Fsp3) is 0.278. The molecule has 1 fully saturated rings. The van der Waals surface area contributed by atoms with Gasteiger partial charge in [-0.25, -0.2) is 18.2 Å². The summed E-state index contributed by atoms with van der Waals surface area (Å²) in [6.45, 7) is 1.64. The number of carbonyl (C=O) groups is 2. The summed E-state index contributed by atoms with van der Waals surface area (Å²) >= 11 is 0.468. The van der Waals surface area contributed by atoms with Crippen LogP contribution in [0.15, 0.2) is 18.2 Å². The molecule has 2 heterocycles. The number of aliphatic hydroxyl groups is 1. The van der Waals surface area contributed by atoms with E-state index in [4.69, 9.17) is 5.73 Å². The number of halogens is 3. The first kappa shape index (κ1) is 19.9. The first-order chi connectivity index (χ1) is 13.1. The Bertz CT molecular complexity index is 1020. The third-order valence-electron chi connectivity index (χ3n) is 4.15. The standard InChI is InChI=1S/C18H14F3N3O3S/c1-18(27)5-7-24(17(18)26)6-4-9-2-3-11(19)10(8-9)16-23-12(15(22)25)13(28-16)14(20)21/h2-3,8,14,27H,5,7H2,1H3,(H2,22,25)/t18-/m1/s1. The van der Waals surface area contributed by atoms with Crippen molar-refractivity contribution in [1.29, 1.82) is 0 Å². The van der Waals surface area contributed by atoms with Crippen molar-refractivity contribution in [3.8, 4) is 22.5 Å². The molecule has 146 valence electrons. The Labute approximate surface area is 161 Å². The minimum absolute atomic E-state index is 0.119. The van der Waals surface area contributed by atoms with E-state index in [1.165, 1.54) is 19.1 Å². The summed E-state index contributed by atoms with van der Waals surface area (Å²) in [6.07, 6.45) is -2.74. The number of nitrogens with two attached hydrogens (primary N) is 1. The molecule has 1 aromatic heterocycles. The van der Waals surface area contributed by atoms with Gasteiger partial charge in [0.1, 0.15) is 27.0 Å². The molecule has 0 radical (unpaired) electrons. The summed E-state index contributed by atoms with van der Waals surface area (Å²) in [5.74, 6) is 0.271. The SMILES string of the molecule is C[C@@]1(O)CCN(C#Cc2ccc(F)c(-c3nc(C(N)=O)c(C(F)F)s3)c2)C1=O. The number of nitrogens with zero attached hydrogens (tertiary/aromatic N) is 2. The summed E-state index contributed by atoms with van der Waals surface area (Å²) < 4.78 is 40.4. The van der Waals surface area contributed by atoms with E-state index in [1.54, 1.807) is 0 Å². The van der Waals surface area contributed by atoms with Crippen molar-refractivity contribution in [1.82, 2.24) is 9.88 Å². The van der Waals surface area contributed by atoms with Crippen LogP contribution in [0, 0.1) is 17.8 Å². The van der Waals surface area contributed by atoms with E-state index < -0.39 is 40.2 Å². The van der Waals surface area contributed by atoms with E-state index in [2.05, 4.69) is 16.9 Å². The highest BCUT2D eigenvalue weighted by molar-refractivity contribution is 7.15. The van der Waals surface area contributed by atoms with Crippen molar-refractivity contribution in [3.63, 3.8) is 0 Å². The summed E-state index contributed by atoms with van der Waals surface area (Å²) in [7, 11) is 0. The van der Waals surface area contributed by atoms with Gasteiger partial charge >= 0.3 is 0 Å². The number of likely N-dealkylation sites (tertiary alicyclic amines) is 1. The average Bonchev–Trinajstić information content (AvgIpc) is 3.17. The van der Waals surface area contributed by atoms with Crippen LogP contribution < -0.4 is 5.73 Å². The van der Waals surface area contributed by atoms with Crippen molar-refractivity contribution < 1.29 is 27.9 Å². The Morgan fingerprint density at radius 3 is 2.71 bits per heavy atom. The lowest BCUT2D eigenvalue weighted by atomic mass is 10.1. The quantitative estimate of drug-likeness (QED) is 0.761. The molecular weight excluding hydrogens is 395 g/mol. The predicted octanol–water partition coefficient (Wildman–Crippen LogP) is 2.28. The molecule has 1 aliphatic heterocycles. The Hall–Kier alpha value is -2.90. The molecule has 3 N–H and O–H groups in total. The number of amides is 2. The van der Waals surface area contributed by atoms with Crippen LogP contribution >= 0.6 is 11.3 Å². The van der Waals surface area contributed by atoms with Gasteiger partial charge in [-0.2, -0.15) is 0 Å². The highest BCUT2D eigenvalue weighted by atomic mass is 32.1. The lowest BCUT2D eigenvalue weighted by Gasteiger charge is -2.12. The molecule has 3 rings (SSSR count). The molecule has 1 saturated heterocycles. The zero-order valence-corrected chi connectivity index (χ0v) is 15.3. The molecule has 28 heavy (non-hydrogen) atoms. The van der Waals surface area contributed by atoms with Gasteiger partial charge in [0.2, 0.25) is 0 Å². The summed E-state index contributed by atoms with van der Waals surface area (Å²) in [5, 5.41) is 9.73. The topological polar surface area (TPSA) is 96.5 Å². The fourth-order valence-electron chi connectivity index (χ4n) is 2.61. The summed E-state index contributed by atoms with van der Waals surface area (Å²) in [6, 6.07) is 6.30. The van der Waals surface area contributed by atoms with Crippen LogP contribution in [0.3, 0.4) is 0 Å². The van der Waals surface area contributed by atoms with Gasteiger partial charge in [-0.1, -0.05) is 0 Å². The minimum Gasteiger partial charge on any atom is -0.380 e. The van der Waals surface area contributed by atoms with Crippen LogP contribution in [0.4, 0.5) is 13.2 Å². The van der Waals surface area contributed by atoms with Crippen LogP contribution in [0.1, 0.15) is 40.7 Å². The van der Waals surface area contributed by atoms with Gasteiger partial charge in [-0.15, -0.1) is 11.3 Å². The summed E-state index contributed by atoms with van der Waals surface area (Å²) in [5.41, 5.74) is 3.17. The van der Waals surface area contributed by atoms with Gasteiger partial charge in [0.05, 0.1) is 0 Å². The van der Waals surface area contributed by atoms with E-state index >= 15 is 0 Å². The lowest BCUT2D eigenvalue weighted by molar-refractivity contribution is -0.139. The Kier molecular flexibility index (Phi) is 5.14. The molecule has 10 heteroatoms. The van der Waals surface area contributed by atoms with Gasteiger partial charge in [0.25, 0.3) is 18.2 Å². The highest BCUT2D eigenvalue weighted by Gasteiger charge is 2.40. The molecule has 2 amide bonds. The molecule has 1 aromatic carbocycles. The first-order valence-electron chi connectivity index (χ1n) is 8.05. The molecule has 0 saturated carbocycles. The second kappa shape index (κ2) is 7.26. The molecule has 1 atom stereocenters. The predicted molar refractivity (Wildman–Crippen MR) is 94.8 cm³/mol. The minimum atomic E-state index is -2.98. The van der Waals surface area contributed by atoms with Gasteiger partial charge < -0.3 is 10.8 Å². The molecule has 2 aromatic rings. The van der Waals surface area contributed by atoms with Crippen molar-refractivity contribution in [3.05, 3.63) is 40.2 Å². The second-order valence-corrected chi connectivity index (χ2v) is 7.34.